The number of rotatable bonds is 1. The first kappa shape index (κ1) is 9.97. The molecule has 1 atom stereocenters. The second-order valence-electron chi connectivity index (χ2n) is 3.37. The van der Waals surface area contributed by atoms with Crippen molar-refractivity contribution in [3.8, 4) is 0 Å². The summed E-state index contributed by atoms with van der Waals surface area (Å²) in [7, 11) is 1.63. The van der Waals surface area contributed by atoms with Gasteiger partial charge in [0.25, 0.3) is 0 Å². The zero-order valence-electron chi connectivity index (χ0n) is 8.56. The molecule has 1 saturated heterocycles. The monoisotopic (exact) mass is 210 g/mol. The predicted octanol–water partition coefficient (Wildman–Crippen LogP) is 0.122. The van der Waals surface area contributed by atoms with E-state index in [0.29, 0.717) is 19.7 Å². The van der Waals surface area contributed by atoms with E-state index in [1.54, 1.807) is 18.1 Å². The lowest BCUT2D eigenvalue weighted by Crippen LogP contribution is -2.46. The Morgan fingerprint density at radius 3 is 3.33 bits per heavy atom. The highest BCUT2D eigenvalue weighted by Crippen LogP contribution is 2.19. The fourth-order valence-electron chi connectivity index (χ4n) is 1.63. The number of nitrogens with one attached hydrogen (secondary N) is 2. The summed E-state index contributed by atoms with van der Waals surface area (Å²) in [6.07, 6.45) is 1.58. The van der Waals surface area contributed by atoms with Gasteiger partial charge in [0, 0.05) is 19.8 Å². The van der Waals surface area contributed by atoms with Gasteiger partial charge in [0.05, 0.1) is 18.8 Å². The average molecular weight is 210 g/mol. The minimum Gasteiger partial charge on any atom is -0.368 e. The molecule has 1 aromatic rings. The Balaban J connectivity index is 2.01. The molecule has 6 heteroatoms. The molecule has 82 valence electrons. The molecule has 15 heavy (non-hydrogen) atoms. The molecule has 1 fully saturated rings. The smallest absolute Gasteiger partial charge is 0.317 e. The van der Waals surface area contributed by atoms with Crippen LogP contribution in [0.2, 0.25) is 0 Å². The van der Waals surface area contributed by atoms with Crippen molar-refractivity contribution in [1.29, 1.82) is 0 Å². The number of hydrogen-bond donors (Lipinski definition) is 2. The molecule has 2 rings (SSSR count). The molecule has 0 bridgehead atoms. The van der Waals surface area contributed by atoms with E-state index in [1.165, 1.54) is 0 Å². The number of nitrogens with zero attached hydrogens (tertiary/aromatic N) is 2. The maximum atomic E-state index is 11.4. The van der Waals surface area contributed by atoms with Gasteiger partial charge in [-0.1, -0.05) is 0 Å². The Labute approximate surface area is 87.6 Å². The van der Waals surface area contributed by atoms with Crippen molar-refractivity contribution in [2.75, 3.05) is 26.7 Å². The van der Waals surface area contributed by atoms with Gasteiger partial charge in [0.1, 0.15) is 6.10 Å². The highest BCUT2D eigenvalue weighted by molar-refractivity contribution is 5.73. The first-order valence-electron chi connectivity index (χ1n) is 4.89. The van der Waals surface area contributed by atoms with Crippen molar-refractivity contribution in [3.05, 3.63) is 18.0 Å². The highest BCUT2D eigenvalue weighted by atomic mass is 16.5. The fourth-order valence-corrected chi connectivity index (χ4v) is 1.63. The quantitative estimate of drug-likeness (QED) is 0.691. The molecule has 0 aliphatic carbocycles. The van der Waals surface area contributed by atoms with Crippen LogP contribution < -0.4 is 5.32 Å². The number of aromatic amines is 1. The van der Waals surface area contributed by atoms with Crippen molar-refractivity contribution in [2.45, 2.75) is 6.10 Å². The average Bonchev–Trinajstić information content (AvgIpc) is 2.82. The Kier molecular flexibility index (Phi) is 2.86. The van der Waals surface area contributed by atoms with Gasteiger partial charge >= 0.3 is 6.03 Å². The standard InChI is InChI=1S/C9H14N4O2/c1-10-9(14)13-4-5-15-8(6-13)7-2-3-11-12-7/h2-3,8H,4-6H2,1H3,(H,10,14)(H,11,12). The molecule has 2 heterocycles. The first-order chi connectivity index (χ1) is 7.31. The van der Waals surface area contributed by atoms with E-state index in [-0.39, 0.29) is 12.1 Å². The van der Waals surface area contributed by atoms with Gasteiger partial charge in [-0.05, 0) is 6.07 Å². The molecule has 0 spiro atoms. The van der Waals surface area contributed by atoms with E-state index in [2.05, 4.69) is 15.5 Å². The number of aromatic nitrogens is 2. The van der Waals surface area contributed by atoms with Crippen LogP contribution in [0.1, 0.15) is 11.8 Å². The Morgan fingerprint density at radius 2 is 2.67 bits per heavy atom. The van der Waals surface area contributed by atoms with E-state index >= 15 is 0 Å². The lowest BCUT2D eigenvalue weighted by Gasteiger charge is -2.31. The van der Waals surface area contributed by atoms with Crippen LogP contribution in [0, 0.1) is 0 Å². The van der Waals surface area contributed by atoms with Crippen molar-refractivity contribution >= 4 is 6.03 Å². The Bertz CT molecular complexity index is 325. The summed E-state index contributed by atoms with van der Waals surface area (Å²) in [5.74, 6) is 0. The molecule has 0 aromatic carbocycles. The van der Waals surface area contributed by atoms with Gasteiger partial charge < -0.3 is 15.0 Å². The highest BCUT2D eigenvalue weighted by Gasteiger charge is 2.25. The van der Waals surface area contributed by atoms with Crippen LogP contribution >= 0.6 is 0 Å². The summed E-state index contributed by atoms with van der Waals surface area (Å²) in [4.78, 5) is 13.1. The molecule has 0 radical (unpaired) electrons. The van der Waals surface area contributed by atoms with Gasteiger partial charge in [-0.15, -0.1) is 0 Å². The maximum Gasteiger partial charge on any atom is 0.317 e. The zero-order chi connectivity index (χ0) is 10.7. The fraction of sp³-hybridized carbons (Fsp3) is 0.556. The van der Waals surface area contributed by atoms with E-state index < -0.39 is 0 Å². The molecular formula is C9H14N4O2. The van der Waals surface area contributed by atoms with Crippen molar-refractivity contribution in [2.24, 2.45) is 0 Å². The third-order valence-electron chi connectivity index (χ3n) is 2.44. The second-order valence-corrected chi connectivity index (χ2v) is 3.37. The van der Waals surface area contributed by atoms with Crippen LogP contribution in [-0.2, 0) is 4.74 Å². The largest absolute Gasteiger partial charge is 0.368 e. The molecule has 2 N–H and O–H groups in total. The molecule has 2 amide bonds. The lowest BCUT2D eigenvalue weighted by atomic mass is 10.2. The van der Waals surface area contributed by atoms with Crippen LogP contribution in [0.5, 0.6) is 0 Å². The van der Waals surface area contributed by atoms with Crippen LogP contribution in [-0.4, -0.2) is 47.9 Å². The maximum absolute atomic E-state index is 11.4. The topological polar surface area (TPSA) is 70.2 Å². The van der Waals surface area contributed by atoms with Crippen LogP contribution in [0.3, 0.4) is 0 Å². The van der Waals surface area contributed by atoms with Crippen molar-refractivity contribution < 1.29 is 9.53 Å². The number of amides is 2. The summed E-state index contributed by atoms with van der Waals surface area (Å²) in [5, 5.41) is 9.32. The van der Waals surface area contributed by atoms with E-state index in [4.69, 9.17) is 4.74 Å². The SMILES string of the molecule is CNC(=O)N1CCOC(c2ccn[nH]2)C1. The third kappa shape index (κ3) is 2.10. The molecule has 0 saturated carbocycles. The molecule has 1 aromatic heterocycles. The first-order valence-corrected chi connectivity index (χ1v) is 4.89. The predicted molar refractivity (Wildman–Crippen MR) is 53.3 cm³/mol. The van der Waals surface area contributed by atoms with Gasteiger partial charge in [0.15, 0.2) is 0 Å². The molecule has 1 aliphatic rings. The zero-order valence-corrected chi connectivity index (χ0v) is 8.56. The van der Waals surface area contributed by atoms with E-state index in [0.717, 1.165) is 5.69 Å². The Hall–Kier alpha value is -1.56. The minimum absolute atomic E-state index is 0.0668. The minimum atomic E-state index is -0.0986. The third-order valence-corrected chi connectivity index (χ3v) is 2.44. The lowest BCUT2D eigenvalue weighted by molar-refractivity contribution is -0.0173. The molecule has 1 unspecified atom stereocenters. The number of ether oxygens (including phenoxy) is 1. The van der Waals surface area contributed by atoms with E-state index in [1.807, 2.05) is 6.07 Å². The van der Waals surface area contributed by atoms with Gasteiger partial charge in [-0.25, -0.2) is 4.79 Å². The number of hydrogen-bond acceptors (Lipinski definition) is 3. The summed E-state index contributed by atoms with van der Waals surface area (Å²) >= 11 is 0. The van der Waals surface area contributed by atoms with Gasteiger partial charge in [0.2, 0.25) is 0 Å². The van der Waals surface area contributed by atoms with Crippen LogP contribution in [0.25, 0.3) is 0 Å². The summed E-state index contributed by atoms with van der Waals surface area (Å²) < 4.78 is 5.55. The normalized spacial score (nSPS) is 21.4. The van der Waals surface area contributed by atoms with Gasteiger partial charge in [-0.3, -0.25) is 5.10 Å². The Morgan fingerprint density at radius 1 is 1.80 bits per heavy atom. The number of carbonyl (C=O) groups is 1. The van der Waals surface area contributed by atoms with Gasteiger partial charge in [-0.2, -0.15) is 5.10 Å². The van der Waals surface area contributed by atoms with Crippen LogP contribution in [0.15, 0.2) is 12.3 Å². The second kappa shape index (κ2) is 4.31. The van der Waals surface area contributed by atoms with Crippen LogP contribution in [0.4, 0.5) is 4.79 Å². The summed E-state index contributed by atoms with van der Waals surface area (Å²) in [5.41, 5.74) is 0.906. The molecular weight excluding hydrogens is 196 g/mol. The molecule has 6 nitrogen and oxygen atoms in total. The van der Waals surface area contributed by atoms with E-state index in [9.17, 15) is 4.79 Å². The summed E-state index contributed by atoms with van der Waals surface area (Å²) in [6, 6.07) is 1.79. The summed E-state index contributed by atoms with van der Waals surface area (Å²) in [6.45, 7) is 1.74. The number of H-pyrrole nitrogens is 1. The number of urea groups is 1. The number of morpholine rings is 1. The number of carbonyl (C=O) groups excluding carboxylic acids is 1. The van der Waals surface area contributed by atoms with Crippen molar-refractivity contribution in [1.82, 2.24) is 20.4 Å². The van der Waals surface area contributed by atoms with Crippen molar-refractivity contribution in [3.63, 3.8) is 0 Å². The molecule has 1 aliphatic heterocycles.